The molecule has 10 radical (unpaired) electrons. The Labute approximate surface area is 932 Å². The Hall–Kier alpha value is -1.08. The first-order chi connectivity index (χ1) is 49.1. The van der Waals surface area contributed by atoms with E-state index < -0.39 is 213 Å². The van der Waals surface area contributed by atoms with Crippen molar-refractivity contribution in [3.05, 3.63) is 146 Å². The quantitative estimate of drug-likeness (QED) is 0.105. The van der Waals surface area contributed by atoms with Gasteiger partial charge in [-0.3, -0.25) is 96.3 Å². The van der Waals surface area contributed by atoms with Crippen LogP contribution >= 0.6 is 0 Å². The van der Waals surface area contributed by atoms with E-state index in [9.17, 15) is 95.9 Å². The van der Waals surface area contributed by atoms with E-state index in [0.717, 1.165) is 39.2 Å². The molecule has 118 heavy (non-hydrogen) atoms. The zero-order valence-electron chi connectivity index (χ0n) is 62.1. The third-order valence-corrected chi connectivity index (χ3v) is 21.9. The van der Waals surface area contributed by atoms with Gasteiger partial charge in [0, 0.05) is 355 Å². The number of hydrogen-bond acceptors (Lipinski definition) is 24. The molecule has 0 spiro atoms. The van der Waals surface area contributed by atoms with Crippen molar-refractivity contribution >= 4 is 141 Å². The van der Waals surface area contributed by atoms with Gasteiger partial charge in [-0.15, -0.1) is 0 Å². The molecule has 42 heteroatoms. The molecular formula is C76H76N8O24Y10-4. The van der Waals surface area contributed by atoms with Crippen molar-refractivity contribution in [1.29, 1.82) is 0 Å². The zero-order chi connectivity index (χ0) is 75.6. The number of hydrogen-bond donors (Lipinski definition) is 0. The van der Waals surface area contributed by atoms with Crippen LogP contribution < -0.4 is 19.6 Å². The second-order valence-electron chi connectivity index (χ2n) is 27.4. The molecule has 32 nitrogen and oxygen atoms in total. The second kappa shape index (κ2) is 45.8. The van der Waals surface area contributed by atoms with Crippen LogP contribution in [0.3, 0.4) is 0 Å². The normalized spacial score (nSPS) is 26.1. The molecule has 4 saturated carbocycles. The van der Waals surface area contributed by atoms with Gasteiger partial charge in [-0.05, 0) is 123 Å². The average Bonchev–Trinajstić information content (AvgIpc) is 1.55. The minimum Gasteiger partial charge on any atom is -0.637 e. The van der Waals surface area contributed by atoms with Gasteiger partial charge in [-0.1, -0.05) is 29.7 Å². The molecule has 12 fully saturated rings. The van der Waals surface area contributed by atoms with Gasteiger partial charge >= 0.3 is 23.9 Å². The number of ether oxygens (including phenoxy) is 4. The van der Waals surface area contributed by atoms with Crippen LogP contribution in [-0.2, 0) is 423 Å². The molecule has 4 aromatic carbocycles. The summed E-state index contributed by atoms with van der Waals surface area (Å²) in [5.74, 6) is -23.0. The predicted molar refractivity (Wildman–Crippen MR) is 372 cm³/mol. The van der Waals surface area contributed by atoms with Gasteiger partial charge in [-0.2, -0.15) is 28.4 Å². The Bertz CT molecular complexity index is 4110. The van der Waals surface area contributed by atoms with Crippen LogP contribution in [0.1, 0.15) is 93.4 Å². The van der Waals surface area contributed by atoms with Crippen molar-refractivity contribution in [2.24, 2.45) is 94.7 Å². The number of carbonyl (C=O) groups is 20. The maximum atomic E-state index is 12.8. The van der Waals surface area contributed by atoms with E-state index in [-0.39, 0.29) is 402 Å². The summed E-state index contributed by atoms with van der Waals surface area (Å²) < 4.78 is 17.8. The van der Waals surface area contributed by atoms with Crippen molar-refractivity contribution in [3.63, 3.8) is 0 Å². The van der Waals surface area contributed by atoms with E-state index in [4.69, 9.17) is 0 Å². The molecular weight excluding hydrogens is 2300 g/mol. The Morgan fingerprint density at radius 2 is 0.331 bits per heavy atom. The summed E-state index contributed by atoms with van der Waals surface area (Å²) in [5.41, 5.74) is 4.10. The molecule has 16 atom stereocenters. The summed E-state index contributed by atoms with van der Waals surface area (Å²) in [7, 11) is 17.7. The molecule has 4 aliphatic carbocycles. The van der Waals surface area contributed by atoms with Crippen molar-refractivity contribution in [2.45, 2.75) is 57.4 Å². The topological polar surface area (TPSA) is 404 Å². The van der Waals surface area contributed by atoms with Crippen molar-refractivity contribution in [3.8, 4) is 0 Å². The molecule has 8 heterocycles. The van der Waals surface area contributed by atoms with Gasteiger partial charge in [-0.25, -0.2) is 38.8 Å². The van der Waals surface area contributed by atoms with Crippen molar-refractivity contribution in [2.75, 3.05) is 47.8 Å². The summed E-state index contributed by atoms with van der Waals surface area (Å²) in [6.07, 6.45) is 0. The molecule has 8 saturated heterocycles. The summed E-state index contributed by atoms with van der Waals surface area (Å²) >= 11 is 0. The maximum Gasteiger partial charge on any atom is 0.306 e. The van der Waals surface area contributed by atoms with E-state index in [1.54, 1.807) is 76.2 Å². The van der Waals surface area contributed by atoms with Gasteiger partial charge in [0.15, 0.2) is 0 Å². The van der Waals surface area contributed by atoms with Crippen LogP contribution in [0.15, 0.2) is 72.8 Å². The van der Waals surface area contributed by atoms with E-state index in [1.165, 1.54) is 52.5 Å². The number of aryl methyl sites for hydroxylation is 4. The molecule has 598 valence electrons. The smallest absolute Gasteiger partial charge is 0.306 e. The SMILES string of the molecule is C.C.C.C.[CH2-]OC(=O)c1cc(C)cc(N2C(=O)C3C4C(=O)N(C)C(=O)C4C3C2=O)c1.[CH2-]OC(=O)c1cc(C)cc(N2C(=O)C3C4C(=O)N(C)C(=O)C4C3C2=O)c1.[CH2-]OC(=O)c1cc(C)cc(N2C(=O)C3C4C(=O)N(C)C(=O)C4C3C2=O)c1.[CH2-]OC(=O)c1cc(C)cc(N2C(=O)C3C4C(=O)N(C)C(=O)C4C3C2=O)c1.[Y].[Y].[Y].[Y].[Y].[Y].[Y].[Y].[Y].[Y]. The summed E-state index contributed by atoms with van der Waals surface area (Å²) in [6, 6.07) is 18.0. The third-order valence-electron chi connectivity index (χ3n) is 21.9. The van der Waals surface area contributed by atoms with E-state index >= 15 is 0 Å². The van der Waals surface area contributed by atoms with Crippen LogP contribution in [0.25, 0.3) is 0 Å². The maximum absolute atomic E-state index is 12.8. The van der Waals surface area contributed by atoms with Gasteiger partial charge in [0.25, 0.3) is 0 Å². The number of carbonyl (C=O) groups excluding carboxylic acids is 20. The Balaban J connectivity index is 0. The van der Waals surface area contributed by atoms with Crippen LogP contribution in [0.2, 0.25) is 0 Å². The van der Waals surface area contributed by atoms with E-state index in [2.05, 4.69) is 47.4 Å². The fourth-order valence-corrected chi connectivity index (χ4v) is 17.1. The zero-order valence-corrected chi connectivity index (χ0v) is 90.5. The molecule has 8 aliphatic heterocycles. The molecule has 12 aliphatic rings. The van der Waals surface area contributed by atoms with Gasteiger partial charge in [0.2, 0.25) is 94.5 Å². The monoisotopic (exact) mass is 2370 g/mol. The second-order valence-corrected chi connectivity index (χ2v) is 27.4. The Kier molecular flexibility index (Phi) is 46.1. The third kappa shape index (κ3) is 19.2. The van der Waals surface area contributed by atoms with Gasteiger partial charge < -0.3 is 18.9 Å². The minimum atomic E-state index is -0.822. The van der Waals surface area contributed by atoms with E-state index in [0.29, 0.717) is 22.3 Å². The molecule has 16 unspecified atom stereocenters. The van der Waals surface area contributed by atoms with E-state index in [1.807, 2.05) is 0 Å². The fourth-order valence-electron chi connectivity index (χ4n) is 17.1. The van der Waals surface area contributed by atoms with Crippen LogP contribution in [0, 0.1) is 151 Å². The number of nitrogens with zero attached hydrogens (tertiary/aromatic N) is 8. The first-order valence-corrected chi connectivity index (χ1v) is 32.2. The van der Waals surface area contributed by atoms with Crippen LogP contribution in [-0.4, -0.2) is 166 Å². The number of fused-ring (bicyclic) bond motifs is 16. The Morgan fingerprint density at radius 1 is 0.220 bits per heavy atom. The molecule has 0 aromatic heterocycles. The summed E-state index contributed by atoms with van der Waals surface area (Å²) in [5, 5.41) is 0. The molecule has 16 rings (SSSR count). The van der Waals surface area contributed by atoms with Crippen molar-refractivity contribution < 1.29 is 442 Å². The molecule has 0 N–H and O–H groups in total. The largest absolute Gasteiger partial charge is 0.637 e. The first kappa shape index (κ1) is 119. The molecule has 16 amide bonds. The Morgan fingerprint density at radius 3 is 0.441 bits per heavy atom. The number of rotatable bonds is 8. The average molecular weight is 2370 g/mol. The summed E-state index contributed by atoms with van der Waals surface area (Å²) in [6.45, 7) is 6.83. The first-order valence-electron chi connectivity index (χ1n) is 32.2. The van der Waals surface area contributed by atoms with Crippen molar-refractivity contribution in [1.82, 2.24) is 19.6 Å². The number of benzene rings is 4. The van der Waals surface area contributed by atoms with Gasteiger partial charge in [0.05, 0.1) is 140 Å². The van der Waals surface area contributed by atoms with Crippen LogP contribution in [0.5, 0.6) is 0 Å². The predicted octanol–water partition coefficient (Wildman–Crippen LogP) is 3.69. The standard InChI is InChI=1S/4C18H15N2O6.4CH4.10Y/c4*1-7-4-8(18(25)26-3)6-9(5-7)20-16(23)12-10-11(13(12)17(20)24)15(22)19(2)14(10)21;;;;;;;;;;;;;;/h4*4-6,10-13H,3H2,1-2H3;4*1H4;;;;;;;;;;/q4*-1;;;;;;;;;;;;;;. The number of anilines is 4. The molecule has 0 bridgehead atoms. The van der Waals surface area contributed by atoms with Gasteiger partial charge in [0.1, 0.15) is 0 Å². The number of likely N-dealkylation sites (tertiary alicyclic amines) is 4. The van der Waals surface area contributed by atoms with Crippen LogP contribution in [0.4, 0.5) is 22.7 Å². The molecule has 4 aromatic rings. The number of esters is 4. The number of amides is 16. The minimum absolute atomic E-state index is 0. The number of imide groups is 8. The fraction of sp³-hybridized carbons (Fsp3) is 0.368. The summed E-state index contributed by atoms with van der Waals surface area (Å²) in [4.78, 5) is 255.